The Morgan fingerprint density at radius 1 is 1.30 bits per heavy atom. The largest absolute Gasteiger partial charge is 0.481 e. The van der Waals surface area contributed by atoms with Crippen LogP contribution < -0.4 is 5.32 Å². The molecule has 7 heteroatoms. The number of carbonyl (C=O) groups excluding carboxylic acids is 1. The van der Waals surface area contributed by atoms with Gasteiger partial charge in [0, 0.05) is 6.54 Å². The Morgan fingerprint density at radius 2 is 2.00 bits per heavy atom. The summed E-state index contributed by atoms with van der Waals surface area (Å²) in [5, 5.41) is 12.2. The van der Waals surface area contributed by atoms with Gasteiger partial charge < -0.3 is 10.4 Å². The van der Waals surface area contributed by atoms with E-state index in [4.69, 9.17) is 11.6 Å². The van der Waals surface area contributed by atoms with Gasteiger partial charge in [0.05, 0.1) is 17.8 Å². The van der Waals surface area contributed by atoms with Crippen LogP contribution in [0.5, 0.6) is 0 Å². The number of aromatic nitrogens is 2. The zero-order valence-corrected chi connectivity index (χ0v) is 11.7. The molecule has 6 nitrogen and oxygen atoms in total. The summed E-state index contributed by atoms with van der Waals surface area (Å²) >= 11 is 5.67. The molecule has 20 heavy (non-hydrogen) atoms. The van der Waals surface area contributed by atoms with Crippen molar-refractivity contribution in [2.45, 2.75) is 32.1 Å². The number of nitrogens with zero attached hydrogens (tertiary/aromatic N) is 2. The highest BCUT2D eigenvalue weighted by molar-refractivity contribution is 6.29. The van der Waals surface area contributed by atoms with Gasteiger partial charge in [-0.15, -0.1) is 0 Å². The Bertz CT molecular complexity index is 515. The van der Waals surface area contributed by atoms with Gasteiger partial charge in [-0.25, -0.2) is 4.98 Å². The minimum atomic E-state index is -0.861. The lowest BCUT2D eigenvalue weighted by molar-refractivity contribution is -0.150. The molecule has 1 aliphatic carbocycles. The van der Waals surface area contributed by atoms with Gasteiger partial charge in [-0.05, 0) is 12.8 Å². The van der Waals surface area contributed by atoms with Crippen molar-refractivity contribution < 1.29 is 14.7 Å². The van der Waals surface area contributed by atoms with E-state index in [0.29, 0.717) is 12.8 Å². The Hall–Kier alpha value is -1.69. The molecule has 1 fully saturated rings. The molecule has 2 N–H and O–H groups in total. The van der Waals surface area contributed by atoms with Crippen LogP contribution in [0.3, 0.4) is 0 Å². The van der Waals surface area contributed by atoms with Crippen molar-refractivity contribution in [1.29, 1.82) is 0 Å². The Kier molecular flexibility index (Phi) is 4.54. The molecule has 1 aliphatic rings. The van der Waals surface area contributed by atoms with Crippen molar-refractivity contribution in [2.75, 3.05) is 6.54 Å². The van der Waals surface area contributed by atoms with E-state index in [1.807, 2.05) is 0 Å². The molecule has 0 spiro atoms. The summed E-state index contributed by atoms with van der Waals surface area (Å²) in [4.78, 5) is 31.0. The van der Waals surface area contributed by atoms with Crippen LogP contribution in [-0.2, 0) is 4.79 Å². The van der Waals surface area contributed by atoms with Gasteiger partial charge in [-0.2, -0.15) is 0 Å². The fourth-order valence-electron chi connectivity index (χ4n) is 2.49. The minimum absolute atomic E-state index is 0.0915. The molecule has 1 amide bonds. The first-order valence-electron chi connectivity index (χ1n) is 6.53. The predicted molar refractivity (Wildman–Crippen MR) is 72.5 cm³/mol. The van der Waals surface area contributed by atoms with Gasteiger partial charge in [0.2, 0.25) is 0 Å². The Balaban J connectivity index is 2.02. The molecule has 0 bridgehead atoms. The Morgan fingerprint density at radius 3 is 2.60 bits per heavy atom. The summed E-state index contributed by atoms with van der Waals surface area (Å²) in [6.07, 6.45) is 6.60. The van der Waals surface area contributed by atoms with Crippen molar-refractivity contribution in [1.82, 2.24) is 15.3 Å². The summed E-state index contributed by atoms with van der Waals surface area (Å²) in [5.41, 5.74) is -0.770. The number of aliphatic carboxylic acids is 1. The monoisotopic (exact) mass is 297 g/mol. The second kappa shape index (κ2) is 6.17. The van der Waals surface area contributed by atoms with E-state index in [2.05, 4.69) is 15.3 Å². The lowest BCUT2D eigenvalue weighted by atomic mass is 9.74. The van der Waals surface area contributed by atoms with Crippen molar-refractivity contribution >= 4 is 23.5 Å². The van der Waals surface area contributed by atoms with E-state index in [1.54, 1.807) is 0 Å². The van der Waals surface area contributed by atoms with E-state index >= 15 is 0 Å². The molecular weight excluding hydrogens is 282 g/mol. The molecule has 108 valence electrons. The average molecular weight is 298 g/mol. The van der Waals surface area contributed by atoms with Gasteiger partial charge in [-0.1, -0.05) is 30.9 Å². The number of carbonyl (C=O) groups is 2. The number of amides is 1. The third-order valence-corrected chi connectivity index (χ3v) is 3.87. The third kappa shape index (κ3) is 3.25. The number of halogens is 1. The van der Waals surface area contributed by atoms with Crippen LogP contribution >= 0.6 is 11.6 Å². The average Bonchev–Trinajstić information content (AvgIpc) is 2.45. The molecule has 0 radical (unpaired) electrons. The van der Waals surface area contributed by atoms with Crippen LogP contribution in [0, 0.1) is 5.41 Å². The highest BCUT2D eigenvalue weighted by atomic mass is 35.5. The van der Waals surface area contributed by atoms with Crippen LogP contribution in [0.1, 0.15) is 42.6 Å². The molecule has 0 aromatic carbocycles. The fourth-order valence-corrected chi connectivity index (χ4v) is 2.63. The number of hydrogen-bond acceptors (Lipinski definition) is 4. The van der Waals surface area contributed by atoms with E-state index in [1.165, 1.54) is 12.4 Å². The van der Waals surface area contributed by atoms with Crippen LogP contribution in [-0.4, -0.2) is 33.5 Å². The first-order valence-corrected chi connectivity index (χ1v) is 6.90. The third-order valence-electron chi connectivity index (χ3n) is 3.69. The van der Waals surface area contributed by atoms with E-state index in [0.717, 1.165) is 19.3 Å². The number of rotatable bonds is 4. The quantitative estimate of drug-likeness (QED) is 0.885. The van der Waals surface area contributed by atoms with Crippen LogP contribution in [0.4, 0.5) is 0 Å². The zero-order valence-electron chi connectivity index (χ0n) is 10.9. The van der Waals surface area contributed by atoms with Gasteiger partial charge in [-0.3, -0.25) is 14.6 Å². The van der Waals surface area contributed by atoms with Crippen molar-refractivity contribution in [2.24, 2.45) is 5.41 Å². The van der Waals surface area contributed by atoms with Gasteiger partial charge >= 0.3 is 5.97 Å². The number of carboxylic acid groups (broad SMARTS) is 1. The summed E-state index contributed by atoms with van der Waals surface area (Å²) in [5.74, 6) is -1.30. The van der Waals surface area contributed by atoms with Gasteiger partial charge in [0.1, 0.15) is 10.8 Å². The first kappa shape index (κ1) is 14.7. The minimum Gasteiger partial charge on any atom is -0.481 e. The molecule has 1 heterocycles. The maximum atomic E-state index is 11.9. The van der Waals surface area contributed by atoms with Crippen molar-refractivity contribution in [3.63, 3.8) is 0 Å². The van der Waals surface area contributed by atoms with Crippen LogP contribution in [0.25, 0.3) is 0 Å². The molecule has 0 atom stereocenters. The highest BCUT2D eigenvalue weighted by Gasteiger charge is 2.39. The smallest absolute Gasteiger partial charge is 0.311 e. The number of nitrogens with one attached hydrogen (secondary N) is 1. The number of carboxylic acids is 1. The molecular formula is C13H16ClN3O3. The van der Waals surface area contributed by atoms with Crippen molar-refractivity contribution in [3.8, 4) is 0 Å². The highest BCUT2D eigenvalue weighted by Crippen LogP contribution is 2.36. The lowest BCUT2D eigenvalue weighted by Gasteiger charge is -2.33. The molecule has 0 saturated heterocycles. The normalized spacial score (nSPS) is 17.4. The molecule has 1 saturated carbocycles. The second-order valence-corrected chi connectivity index (χ2v) is 5.44. The van der Waals surface area contributed by atoms with E-state index in [-0.39, 0.29) is 17.4 Å². The summed E-state index contributed by atoms with van der Waals surface area (Å²) < 4.78 is 0. The molecule has 0 unspecified atom stereocenters. The van der Waals surface area contributed by atoms with E-state index in [9.17, 15) is 14.7 Å². The summed E-state index contributed by atoms with van der Waals surface area (Å²) in [6.45, 7) is 0.107. The molecule has 1 aromatic heterocycles. The molecule has 1 aromatic rings. The van der Waals surface area contributed by atoms with Gasteiger partial charge in [0.15, 0.2) is 0 Å². The fraction of sp³-hybridized carbons (Fsp3) is 0.538. The molecule has 2 rings (SSSR count). The summed E-state index contributed by atoms with van der Waals surface area (Å²) in [6, 6.07) is 0. The zero-order chi connectivity index (χ0) is 14.6. The first-order chi connectivity index (χ1) is 9.53. The summed E-state index contributed by atoms with van der Waals surface area (Å²) in [7, 11) is 0. The Labute approximate surface area is 121 Å². The lowest BCUT2D eigenvalue weighted by Crippen LogP contribution is -2.44. The van der Waals surface area contributed by atoms with Crippen LogP contribution in [0.15, 0.2) is 12.4 Å². The van der Waals surface area contributed by atoms with Crippen molar-refractivity contribution in [3.05, 3.63) is 23.2 Å². The maximum absolute atomic E-state index is 11.9. The van der Waals surface area contributed by atoms with Crippen LogP contribution in [0.2, 0.25) is 5.15 Å². The number of hydrogen-bond donors (Lipinski definition) is 2. The topological polar surface area (TPSA) is 92.2 Å². The maximum Gasteiger partial charge on any atom is 0.311 e. The SMILES string of the molecule is O=C(NCC1(C(=O)O)CCCCC1)c1cncc(Cl)n1. The predicted octanol–water partition coefficient (Wildman–Crippen LogP) is 1.89. The van der Waals surface area contributed by atoms with E-state index < -0.39 is 17.3 Å². The second-order valence-electron chi connectivity index (χ2n) is 5.06. The standard InChI is InChI=1S/C13H16ClN3O3/c14-10-7-15-6-9(17-10)11(18)16-8-13(12(19)20)4-2-1-3-5-13/h6-7H,1-5,8H2,(H,16,18)(H,19,20). The van der Waals surface area contributed by atoms with Gasteiger partial charge in [0.25, 0.3) is 5.91 Å². The molecule has 0 aliphatic heterocycles.